The molecule has 0 aromatic carbocycles. The molecule has 1 aromatic heterocycles. The van der Waals surface area contributed by atoms with Crippen LogP contribution >= 0.6 is 0 Å². The van der Waals surface area contributed by atoms with Crippen LogP contribution in [0.25, 0.3) is 0 Å². The van der Waals surface area contributed by atoms with Gasteiger partial charge in [0.05, 0.1) is 0 Å². The molecule has 0 saturated carbocycles. The number of aliphatic hydroxyl groups excluding tert-OH is 1. The smallest absolute Gasteiger partial charge is 0.198 e. The molecule has 0 spiro atoms. The highest BCUT2D eigenvalue weighted by atomic mass is 16.3. The van der Waals surface area contributed by atoms with E-state index < -0.39 is 0 Å². The molecule has 1 N–H and O–H groups in total. The first-order valence-electron chi connectivity index (χ1n) is 4.44. The lowest BCUT2D eigenvalue weighted by atomic mass is 10.2. The largest absolute Gasteiger partial charge is 0.396 e. The average molecular weight is 182 g/mol. The molecule has 0 aliphatic rings. The van der Waals surface area contributed by atoms with Crippen molar-refractivity contribution >= 4 is 5.78 Å². The van der Waals surface area contributed by atoms with Gasteiger partial charge in [-0.2, -0.15) is 0 Å². The number of carbonyl (C=O) groups is 1. The van der Waals surface area contributed by atoms with Crippen molar-refractivity contribution < 1.29 is 9.90 Å². The zero-order chi connectivity index (χ0) is 9.68. The molecular weight excluding hydrogens is 168 g/mol. The lowest BCUT2D eigenvalue weighted by molar-refractivity contribution is 0.0957. The van der Waals surface area contributed by atoms with Gasteiger partial charge >= 0.3 is 0 Å². The summed E-state index contributed by atoms with van der Waals surface area (Å²) in [6.07, 6.45) is 4.28. The summed E-state index contributed by atoms with van der Waals surface area (Å²) < 4.78 is 1.81. The maximum absolute atomic E-state index is 11.4. The highest BCUT2D eigenvalue weighted by molar-refractivity contribution is 5.92. The predicted octanol–water partition coefficient (Wildman–Crippen LogP) is 0.858. The van der Waals surface area contributed by atoms with E-state index in [9.17, 15) is 4.79 Å². The van der Waals surface area contributed by atoms with Crippen molar-refractivity contribution in [2.24, 2.45) is 0 Å². The Balaban J connectivity index is 2.65. The summed E-state index contributed by atoms with van der Waals surface area (Å²) in [6.45, 7) is 2.77. The molecule has 0 aliphatic heterocycles. The number of aryl methyl sites for hydroxylation is 1. The number of imidazole rings is 1. The lowest BCUT2D eigenvalue weighted by Crippen LogP contribution is -2.09. The number of hydrogen-bond donors (Lipinski definition) is 1. The second kappa shape index (κ2) is 4.77. The van der Waals surface area contributed by atoms with Crippen molar-refractivity contribution in [1.29, 1.82) is 0 Å². The normalized spacial score (nSPS) is 10.3. The topological polar surface area (TPSA) is 55.1 Å². The van der Waals surface area contributed by atoms with E-state index in [1.165, 1.54) is 0 Å². The van der Waals surface area contributed by atoms with Gasteiger partial charge in [-0.1, -0.05) is 0 Å². The highest BCUT2D eigenvalue weighted by Gasteiger charge is 2.10. The van der Waals surface area contributed by atoms with Gasteiger partial charge < -0.3 is 9.67 Å². The van der Waals surface area contributed by atoms with Crippen LogP contribution in [0.4, 0.5) is 0 Å². The highest BCUT2D eigenvalue weighted by Crippen LogP contribution is 2.03. The molecule has 13 heavy (non-hydrogen) atoms. The zero-order valence-electron chi connectivity index (χ0n) is 7.73. The van der Waals surface area contributed by atoms with Gasteiger partial charge in [-0.25, -0.2) is 4.98 Å². The van der Waals surface area contributed by atoms with Crippen LogP contribution in [-0.4, -0.2) is 27.0 Å². The minimum absolute atomic E-state index is 0.000833. The van der Waals surface area contributed by atoms with Crippen LogP contribution in [0.2, 0.25) is 0 Å². The SMILES string of the molecule is CCn1ccnc1C(=O)CCCO. The first-order chi connectivity index (χ1) is 6.29. The van der Waals surface area contributed by atoms with Crippen molar-refractivity contribution in [2.45, 2.75) is 26.3 Å². The van der Waals surface area contributed by atoms with E-state index in [4.69, 9.17) is 5.11 Å². The van der Waals surface area contributed by atoms with Crippen LogP contribution in [0.5, 0.6) is 0 Å². The van der Waals surface area contributed by atoms with Gasteiger partial charge in [0.15, 0.2) is 11.6 Å². The predicted molar refractivity (Wildman–Crippen MR) is 48.6 cm³/mol. The van der Waals surface area contributed by atoms with Gasteiger partial charge in [-0.15, -0.1) is 0 Å². The summed E-state index contributed by atoms with van der Waals surface area (Å²) in [7, 11) is 0. The molecule has 0 radical (unpaired) electrons. The molecule has 0 amide bonds. The number of carbonyl (C=O) groups excluding carboxylic acids is 1. The lowest BCUT2D eigenvalue weighted by Gasteiger charge is -2.02. The number of Topliss-reactive ketones (excluding diaryl/α,β-unsaturated/α-hetero) is 1. The summed E-state index contributed by atoms with van der Waals surface area (Å²) in [5, 5.41) is 8.56. The van der Waals surface area contributed by atoms with Gasteiger partial charge in [-0.3, -0.25) is 4.79 Å². The van der Waals surface area contributed by atoms with Gasteiger partial charge in [0, 0.05) is 32.0 Å². The second-order valence-corrected chi connectivity index (χ2v) is 2.79. The van der Waals surface area contributed by atoms with Crippen LogP contribution in [0.3, 0.4) is 0 Å². The molecule has 72 valence electrons. The quantitative estimate of drug-likeness (QED) is 0.687. The Morgan fingerprint density at radius 1 is 1.69 bits per heavy atom. The van der Waals surface area contributed by atoms with Gasteiger partial charge in [0.1, 0.15) is 0 Å². The standard InChI is InChI=1S/C9H14N2O2/c1-2-11-6-5-10-9(11)8(13)4-3-7-12/h5-6,12H,2-4,7H2,1H3. The van der Waals surface area contributed by atoms with Crippen LogP contribution in [0.1, 0.15) is 30.4 Å². The number of ketones is 1. The fraction of sp³-hybridized carbons (Fsp3) is 0.556. The fourth-order valence-electron chi connectivity index (χ4n) is 1.17. The molecule has 0 bridgehead atoms. The van der Waals surface area contributed by atoms with E-state index in [0.29, 0.717) is 18.7 Å². The Bertz CT molecular complexity index is 281. The number of nitrogens with zero attached hydrogens (tertiary/aromatic N) is 2. The summed E-state index contributed by atoms with van der Waals surface area (Å²) in [4.78, 5) is 15.4. The monoisotopic (exact) mass is 182 g/mol. The Hall–Kier alpha value is -1.16. The third-order valence-corrected chi connectivity index (χ3v) is 1.87. The van der Waals surface area contributed by atoms with Gasteiger partial charge in [-0.05, 0) is 13.3 Å². The Morgan fingerprint density at radius 3 is 3.08 bits per heavy atom. The molecule has 1 aromatic rings. The van der Waals surface area contributed by atoms with Crippen molar-refractivity contribution in [3.8, 4) is 0 Å². The maximum Gasteiger partial charge on any atom is 0.198 e. The molecule has 1 heterocycles. The molecule has 0 atom stereocenters. The molecule has 0 fully saturated rings. The van der Waals surface area contributed by atoms with Crippen molar-refractivity contribution in [1.82, 2.24) is 9.55 Å². The molecular formula is C9H14N2O2. The number of hydrogen-bond acceptors (Lipinski definition) is 3. The second-order valence-electron chi connectivity index (χ2n) is 2.79. The van der Waals surface area contributed by atoms with Crippen molar-refractivity contribution in [3.05, 3.63) is 18.2 Å². The molecule has 0 saturated heterocycles. The third-order valence-electron chi connectivity index (χ3n) is 1.87. The van der Waals surface area contributed by atoms with E-state index >= 15 is 0 Å². The maximum atomic E-state index is 11.4. The molecule has 4 heteroatoms. The first kappa shape index (κ1) is 9.92. The summed E-state index contributed by atoms with van der Waals surface area (Å²) in [6, 6.07) is 0. The third kappa shape index (κ3) is 2.39. The van der Waals surface area contributed by atoms with Gasteiger partial charge in [0.2, 0.25) is 0 Å². The molecule has 0 aliphatic carbocycles. The van der Waals surface area contributed by atoms with Crippen LogP contribution in [-0.2, 0) is 6.54 Å². The minimum Gasteiger partial charge on any atom is -0.396 e. The Labute approximate surface area is 77.2 Å². The van der Waals surface area contributed by atoms with Gasteiger partial charge in [0.25, 0.3) is 0 Å². The van der Waals surface area contributed by atoms with Crippen LogP contribution in [0, 0.1) is 0 Å². The van der Waals surface area contributed by atoms with Crippen molar-refractivity contribution in [2.75, 3.05) is 6.61 Å². The fourth-order valence-corrected chi connectivity index (χ4v) is 1.17. The van der Waals surface area contributed by atoms with Crippen molar-refractivity contribution in [3.63, 3.8) is 0 Å². The number of rotatable bonds is 5. The average Bonchev–Trinajstić information content (AvgIpc) is 2.61. The first-order valence-corrected chi connectivity index (χ1v) is 4.44. The van der Waals surface area contributed by atoms with E-state index in [1.54, 1.807) is 17.0 Å². The minimum atomic E-state index is 0.000833. The van der Waals surface area contributed by atoms with Crippen LogP contribution in [0.15, 0.2) is 12.4 Å². The Morgan fingerprint density at radius 2 is 2.46 bits per heavy atom. The Kier molecular flexibility index (Phi) is 3.64. The van der Waals surface area contributed by atoms with E-state index in [2.05, 4.69) is 4.98 Å². The summed E-state index contributed by atoms with van der Waals surface area (Å²) in [5.41, 5.74) is 0. The molecule has 0 unspecified atom stereocenters. The van der Waals surface area contributed by atoms with E-state index in [-0.39, 0.29) is 12.4 Å². The summed E-state index contributed by atoms with van der Waals surface area (Å²) >= 11 is 0. The van der Waals surface area contributed by atoms with Crippen LogP contribution < -0.4 is 0 Å². The van der Waals surface area contributed by atoms with E-state index in [0.717, 1.165) is 6.54 Å². The summed E-state index contributed by atoms with van der Waals surface area (Å²) in [5.74, 6) is 0.497. The number of aromatic nitrogens is 2. The van der Waals surface area contributed by atoms with E-state index in [1.807, 2.05) is 6.92 Å². The zero-order valence-corrected chi connectivity index (χ0v) is 7.73. The molecule has 4 nitrogen and oxygen atoms in total. The molecule has 1 rings (SSSR count). The number of aliphatic hydroxyl groups is 1.